The Morgan fingerprint density at radius 3 is 2.80 bits per heavy atom. The lowest BCUT2D eigenvalue weighted by Crippen LogP contribution is -2.20. The van der Waals surface area contributed by atoms with Crippen LogP contribution in [0.5, 0.6) is 0 Å². The largest absolute Gasteiger partial charge is 0.274 e. The van der Waals surface area contributed by atoms with E-state index in [1.54, 1.807) is 19.3 Å². The van der Waals surface area contributed by atoms with Crippen molar-refractivity contribution in [3.63, 3.8) is 0 Å². The molecule has 1 radical (unpaired) electrons. The van der Waals surface area contributed by atoms with Crippen LogP contribution in [0.1, 0.15) is 5.56 Å². The van der Waals surface area contributed by atoms with Crippen molar-refractivity contribution in [1.82, 2.24) is 9.78 Å². The number of rotatable bonds is 1. The molecule has 75 valence electrons. The molecule has 0 aliphatic rings. The minimum atomic E-state index is -0.0882. The molecule has 0 N–H and O–H groups in total. The zero-order valence-electron chi connectivity index (χ0n) is 8.69. The third-order valence-corrected chi connectivity index (χ3v) is 2.28. The van der Waals surface area contributed by atoms with E-state index in [0.717, 1.165) is 11.1 Å². The lowest BCUT2D eigenvalue weighted by atomic mass is 10.1. The van der Waals surface area contributed by atoms with Crippen molar-refractivity contribution in [3.05, 3.63) is 52.4 Å². The predicted octanol–water partition coefficient (Wildman–Crippen LogP) is 1.56. The van der Waals surface area contributed by atoms with Crippen LogP contribution >= 0.6 is 0 Å². The van der Waals surface area contributed by atoms with Crippen LogP contribution in [0.4, 0.5) is 0 Å². The Balaban J connectivity index is 2.59. The Morgan fingerprint density at radius 1 is 1.33 bits per heavy atom. The average molecular weight is 199 g/mol. The van der Waals surface area contributed by atoms with Crippen molar-refractivity contribution in [2.45, 2.75) is 6.92 Å². The highest BCUT2D eigenvalue weighted by molar-refractivity contribution is 5.61. The molecule has 0 unspecified atom stereocenters. The topological polar surface area (TPSA) is 34.9 Å². The standard InChI is InChI=1S/C12H11N2O/c1-9-3-5-10(6-4-9)11-7-8-13-14(2)12(11)15/h3,5-8H,1-2H3. The SMILES string of the molecule is Cc1[c]cc(-c2ccnn(C)c2=O)cc1. The highest BCUT2D eigenvalue weighted by Crippen LogP contribution is 2.14. The smallest absolute Gasteiger partial charge is 0.267 e. The van der Waals surface area contributed by atoms with E-state index in [4.69, 9.17) is 0 Å². The Hall–Kier alpha value is -1.90. The van der Waals surface area contributed by atoms with Gasteiger partial charge in [-0.1, -0.05) is 12.1 Å². The van der Waals surface area contributed by atoms with Crippen LogP contribution in [0.25, 0.3) is 11.1 Å². The van der Waals surface area contributed by atoms with E-state index in [9.17, 15) is 4.79 Å². The molecular formula is C12H11N2O. The zero-order chi connectivity index (χ0) is 10.8. The number of aromatic nitrogens is 2. The first-order valence-corrected chi connectivity index (χ1v) is 4.69. The second kappa shape index (κ2) is 3.69. The molecule has 0 bridgehead atoms. The van der Waals surface area contributed by atoms with Crippen molar-refractivity contribution in [1.29, 1.82) is 0 Å². The van der Waals surface area contributed by atoms with E-state index < -0.39 is 0 Å². The molecule has 1 aromatic heterocycles. The molecule has 2 aromatic rings. The van der Waals surface area contributed by atoms with Gasteiger partial charge < -0.3 is 0 Å². The first kappa shape index (κ1) is 9.65. The normalized spacial score (nSPS) is 10.3. The molecule has 3 heteroatoms. The Kier molecular flexibility index (Phi) is 2.37. The van der Waals surface area contributed by atoms with Gasteiger partial charge in [-0.25, -0.2) is 4.68 Å². The summed E-state index contributed by atoms with van der Waals surface area (Å²) >= 11 is 0. The van der Waals surface area contributed by atoms with Gasteiger partial charge in [0.2, 0.25) is 0 Å². The third-order valence-electron chi connectivity index (χ3n) is 2.28. The van der Waals surface area contributed by atoms with Gasteiger partial charge >= 0.3 is 0 Å². The van der Waals surface area contributed by atoms with Gasteiger partial charge in [-0.05, 0) is 36.2 Å². The minimum Gasteiger partial charge on any atom is -0.267 e. The fourth-order valence-corrected chi connectivity index (χ4v) is 1.40. The summed E-state index contributed by atoms with van der Waals surface area (Å²) in [6, 6.07) is 10.5. The summed E-state index contributed by atoms with van der Waals surface area (Å²) in [5.74, 6) is 0. The molecule has 1 aromatic carbocycles. The summed E-state index contributed by atoms with van der Waals surface area (Å²) in [7, 11) is 1.64. The van der Waals surface area contributed by atoms with Gasteiger partial charge in [0.1, 0.15) is 0 Å². The zero-order valence-corrected chi connectivity index (χ0v) is 8.69. The number of hydrogen-bond acceptors (Lipinski definition) is 2. The molecule has 0 saturated heterocycles. The lowest BCUT2D eigenvalue weighted by molar-refractivity contribution is 0.709. The molecule has 0 amide bonds. The number of aryl methyl sites for hydroxylation is 2. The molecule has 0 aliphatic carbocycles. The molecule has 3 nitrogen and oxygen atoms in total. The van der Waals surface area contributed by atoms with Crippen LogP contribution in [0, 0.1) is 13.0 Å². The van der Waals surface area contributed by atoms with Gasteiger partial charge in [0.15, 0.2) is 0 Å². The van der Waals surface area contributed by atoms with Crippen LogP contribution < -0.4 is 5.56 Å². The molecule has 1 heterocycles. The lowest BCUT2D eigenvalue weighted by Gasteiger charge is -2.02. The number of nitrogens with zero attached hydrogens (tertiary/aromatic N) is 2. The summed E-state index contributed by atoms with van der Waals surface area (Å²) in [5, 5.41) is 3.88. The second-order valence-electron chi connectivity index (χ2n) is 3.43. The van der Waals surface area contributed by atoms with Crippen LogP contribution in [0.2, 0.25) is 0 Å². The molecule has 2 rings (SSSR count). The maximum Gasteiger partial charge on any atom is 0.274 e. The molecular weight excluding hydrogens is 188 g/mol. The average Bonchev–Trinajstić information content (AvgIpc) is 2.24. The minimum absolute atomic E-state index is 0.0882. The Bertz CT molecular complexity index is 526. The summed E-state index contributed by atoms with van der Waals surface area (Å²) in [5.41, 5.74) is 2.51. The molecule has 0 fully saturated rings. The van der Waals surface area contributed by atoms with E-state index in [-0.39, 0.29) is 5.56 Å². The monoisotopic (exact) mass is 199 g/mol. The molecule has 0 spiro atoms. The molecule has 15 heavy (non-hydrogen) atoms. The maximum absolute atomic E-state index is 11.7. The van der Waals surface area contributed by atoms with Crippen LogP contribution in [-0.4, -0.2) is 9.78 Å². The fraction of sp³-hybridized carbons (Fsp3) is 0.167. The quantitative estimate of drug-likeness (QED) is 0.698. The van der Waals surface area contributed by atoms with E-state index in [2.05, 4.69) is 11.2 Å². The van der Waals surface area contributed by atoms with Crippen molar-refractivity contribution in [2.24, 2.45) is 7.05 Å². The highest BCUT2D eigenvalue weighted by Gasteiger charge is 2.03. The van der Waals surface area contributed by atoms with Crippen molar-refractivity contribution in [3.8, 4) is 11.1 Å². The highest BCUT2D eigenvalue weighted by atomic mass is 16.1. The number of benzene rings is 1. The van der Waals surface area contributed by atoms with Gasteiger partial charge in [0.05, 0.1) is 5.56 Å². The van der Waals surface area contributed by atoms with Gasteiger partial charge in [0.25, 0.3) is 5.56 Å². The van der Waals surface area contributed by atoms with E-state index in [0.29, 0.717) is 5.56 Å². The van der Waals surface area contributed by atoms with Gasteiger partial charge in [-0.3, -0.25) is 4.79 Å². The third kappa shape index (κ3) is 1.81. The van der Waals surface area contributed by atoms with E-state index in [1.807, 2.05) is 25.1 Å². The van der Waals surface area contributed by atoms with Crippen LogP contribution in [0.3, 0.4) is 0 Å². The van der Waals surface area contributed by atoms with Crippen LogP contribution in [-0.2, 0) is 7.05 Å². The van der Waals surface area contributed by atoms with Crippen molar-refractivity contribution >= 4 is 0 Å². The van der Waals surface area contributed by atoms with Gasteiger partial charge in [-0.2, -0.15) is 5.10 Å². The molecule has 0 atom stereocenters. The predicted molar refractivity (Wildman–Crippen MR) is 58.5 cm³/mol. The molecule has 0 saturated carbocycles. The molecule has 0 aliphatic heterocycles. The summed E-state index contributed by atoms with van der Waals surface area (Å²) in [4.78, 5) is 11.7. The van der Waals surface area contributed by atoms with Gasteiger partial charge in [-0.15, -0.1) is 0 Å². The number of hydrogen-bond donors (Lipinski definition) is 0. The Labute approximate surface area is 88.0 Å². The first-order chi connectivity index (χ1) is 7.18. The second-order valence-corrected chi connectivity index (χ2v) is 3.43. The van der Waals surface area contributed by atoms with Crippen molar-refractivity contribution < 1.29 is 0 Å². The summed E-state index contributed by atoms with van der Waals surface area (Å²) in [6.07, 6.45) is 1.62. The van der Waals surface area contributed by atoms with E-state index >= 15 is 0 Å². The Morgan fingerprint density at radius 2 is 2.13 bits per heavy atom. The van der Waals surface area contributed by atoms with Crippen molar-refractivity contribution in [2.75, 3.05) is 0 Å². The maximum atomic E-state index is 11.7. The summed E-state index contributed by atoms with van der Waals surface area (Å²) < 4.78 is 1.33. The fourth-order valence-electron chi connectivity index (χ4n) is 1.40. The van der Waals surface area contributed by atoms with Gasteiger partial charge in [0, 0.05) is 13.2 Å². The first-order valence-electron chi connectivity index (χ1n) is 4.69. The van der Waals surface area contributed by atoms with E-state index in [1.165, 1.54) is 4.68 Å². The summed E-state index contributed by atoms with van der Waals surface area (Å²) in [6.45, 7) is 1.97. The van der Waals surface area contributed by atoms with Crippen LogP contribution in [0.15, 0.2) is 35.3 Å².